The van der Waals surface area contributed by atoms with E-state index in [1.165, 1.54) is 0 Å². The van der Waals surface area contributed by atoms with Crippen LogP contribution in [0.15, 0.2) is 29.2 Å². The summed E-state index contributed by atoms with van der Waals surface area (Å²) in [5.74, 6) is 0. The molecule has 1 aromatic rings. The second kappa shape index (κ2) is 5.37. The van der Waals surface area contributed by atoms with Gasteiger partial charge in [-0.2, -0.15) is 0 Å². The molecule has 0 aliphatic heterocycles. The number of halogens is 1. The zero-order valence-corrected chi connectivity index (χ0v) is 10.2. The molecule has 0 radical (unpaired) electrons. The maximum absolute atomic E-state index is 11.2. The second-order valence-electron chi connectivity index (χ2n) is 3.29. The van der Waals surface area contributed by atoms with E-state index in [9.17, 15) is 4.21 Å². The van der Waals surface area contributed by atoms with Crippen LogP contribution in [0.4, 0.5) is 5.69 Å². The third kappa shape index (κ3) is 4.10. The molecule has 0 amide bonds. The molecule has 0 aromatic heterocycles. The summed E-state index contributed by atoms with van der Waals surface area (Å²) in [6.07, 6.45) is 2.26. The molecule has 0 fully saturated rings. The highest BCUT2D eigenvalue weighted by molar-refractivity contribution is 8.14. The molecule has 0 aliphatic carbocycles. The van der Waals surface area contributed by atoms with E-state index in [2.05, 4.69) is 12.2 Å². The van der Waals surface area contributed by atoms with Crippen molar-refractivity contribution in [3.05, 3.63) is 24.3 Å². The quantitative estimate of drug-likeness (QED) is 0.618. The zero-order chi connectivity index (χ0) is 11.3. The molecule has 0 heterocycles. The lowest BCUT2D eigenvalue weighted by Gasteiger charge is -2.06. The van der Waals surface area contributed by atoms with Gasteiger partial charge in [0.2, 0.25) is 0 Å². The van der Waals surface area contributed by atoms with Gasteiger partial charge >= 0.3 is 0 Å². The predicted octanol–water partition coefficient (Wildman–Crippen LogP) is 3.46. The number of hydrogen-bond donors (Lipinski definition) is 2. The van der Waals surface area contributed by atoms with Gasteiger partial charge in [0, 0.05) is 22.9 Å². The topological polar surface area (TPSA) is 53.0 Å². The summed E-state index contributed by atoms with van der Waals surface area (Å²) in [4.78, 5) is 0.352. The van der Waals surface area contributed by atoms with Crippen molar-refractivity contribution in [2.75, 3.05) is 11.9 Å². The standard InChI is InChI=1S/C10H15ClN2OS/c1-2-3-8-13-9-4-6-10(7-5-9)15(11,12)14/h4-7,12-13H,2-3,8H2,1H3. The molecule has 0 saturated carbocycles. The van der Waals surface area contributed by atoms with Gasteiger partial charge in [-0.25, -0.2) is 8.99 Å². The Morgan fingerprint density at radius 3 is 2.47 bits per heavy atom. The molecule has 1 atom stereocenters. The Kier molecular flexibility index (Phi) is 4.42. The van der Waals surface area contributed by atoms with Crippen LogP contribution in [-0.2, 0) is 8.94 Å². The van der Waals surface area contributed by atoms with Crippen LogP contribution >= 0.6 is 10.7 Å². The van der Waals surface area contributed by atoms with Crippen LogP contribution in [0.25, 0.3) is 0 Å². The lowest BCUT2D eigenvalue weighted by molar-refractivity contribution is 0.684. The molecule has 1 unspecified atom stereocenters. The fraction of sp³-hybridized carbons (Fsp3) is 0.400. The smallest absolute Gasteiger partial charge is 0.156 e. The summed E-state index contributed by atoms with van der Waals surface area (Å²) < 4.78 is 18.4. The number of hydrogen-bond acceptors (Lipinski definition) is 3. The first-order valence-corrected chi connectivity index (χ1v) is 7.25. The van der Waals surface area contributed by atoms with E-state index in [-0.39, 0.29) is 0 Å². The van der Waals surface area contributed by atoms with Gasteiger partial charge in [0.05, 0.1) is 4.90 Å². The highest BCUT2D eigenvalue weighted by atomic mass is 35.7. The number of unbranched alkanes of at least 4 members (excludes halogenated alkanes) is 1. The number of rotatable bonds is 5. The largest absolute Gasteiger partial charge is 0.385 e. The van der Waals surface area contributed by atoms with Crippen molar-refractivity contribution in [2.45, 2.75) is 24.7 Å². The van der Waals surface area contributed by atoms with Crippen LogP contribution < -0.4 is 5.32 Å². The van der Waals surface area contributed by atoms with Crippen LogP contribution in [0.2, 0.25) is 0 Å². The van der Waals surface area contributed by atoms with E-state index in [0.29, 0.717) is 4.90 Å². The van der Waals surface area contributed by atoms with Crippen LogP contribution in [0.1, 0.15) is 19.8 Å². The van der Waals surface area contributed by atoms with Crippen LogP contribution in [-0.4, -0.2) is 10.8 Å². The van der Waals surface area contributed by atoms with Crippen molar-refractivity contribution in [3.63, 3.8) is 0 Å². The van der Waals surface area contributed by atoms with Gasteiger partial charge in [0.15, 0.2) is 8.94 Å². The second-order valence-corrected chi connectivity index (χ2v) is 6.04. The Morgan fingerprint density at radius 1 is 1.40 bits per heavy atom. The Morgan fingerprint density at radius 2 is 2.00 bits per heavy atom. The van der Waals surface area contributed by atoms with Crippen LogP contribution in [0.3, 0.4) is 0 Å². The minimum atomic E-state index is -3.10. The lowest BCUT2D eigenvalue weighted by atomic mass is 10.3. The molecular weight excluding hydrogens is 232 g/mol. The Hall–Kier alpha value is -0.740. The highest BCUT2D eigenvalue weighted by Crippen LogP contribution is 2.18. The third-order valence-corrected chi connectivity index (χ3v) is 3.43. The van der Waals surface area contributed by atoms with E-state index in [4.69, 9.17) is 15.5 Å². The van der Waals surface area contributed by atoms with E-state index in [1.54, 1.807) is 24.3 Å². The molecular formula is C10H15ClN2OS. The maximum atomic E-state index is 11.2. The van der Waals surface area contributed by atoms with Gasteiger partial charge in [-0.05, 0) is 30.7 Å². The van der Waals surface area contributed by atoms with Crippen molar-refractivity contribution in [2.24, 2.45) is 0 Å². The molecule has 84 valence electrons. The first-order valence-electron chi connectivity index (χ1n) is 4.86. The summed E-state index contributed by atoms with van der Waals surface area (Å²) in [6.45, 7) is 3.06. The Labute approximate surface area is 95.3 Å². The molecule has 0 spiro atoms. The first-order chi connectivity index (χ1) is 7.04. The monoisotopic (exact) mass is 246 g/mol. The normalized spacial score (nSPS) is 14.5. The van der Waals surface area contributed by atoms with Gasteiger partial charge in [-0.15, -0.1) is 0 Å². The molecule has 5 heteroatoms. The van der Waals surface area contributed by atoms with Crippen molar-refractivity contribution >= 4 is 25.3 Å². The first kappa shape index (κ1) is 12.3. The maximum Gasteiger partial charge on any atom is 0.156 e. The van der Waals surface area contributed by atoms with Gasteiger partial charge in [-0.3, -0.25) is 0 Å². The van der Waals surface area contributed by atoms with Gasteiger partial charge in [0.1, 0.15) is 0 Å². The molecule has 0 aliphatic rings. The van der Waals surface area contributed by atoms with Gasteiger partial charge in [-0.1, -0.05) is 13.3 Å². The molecule has 1 rings (SSSR count). The number of anilines is 1. The number of nitrogens with one attached hydrogen (secondary N) is 2. The molecule has 2 N–H and O–H groups in total. The fourth-order valence-corrected chi connectivity index (χ4v) is 1.95. The lowest BCUT2D eigenvalue weighted by Crippen LogP contribution is -2.00. The van der Waals surface area contributed by atoms with E-state index >= 15 is 0 Å². The van der Waals surface area contributed by atoms with Crippen molar-refractivity contribution in [1.29, 1.82) is 4.78 Å². The fourth-order valence-electron chi connectivity index (χ4n) is 1.16. The average molecular weight is 247 g/mol. The average Bonchev–Trinajstić information content (AvgIpc) is 2.18. The third-order valence-electron chi connectivity index (χ3n) is 2.02. The number of benzene rings is 1. The molecule has 15 heavy (non-hydrogen) atoms. The van der Waals surface area contributed by atoms with Crippen LogP contribution in [0, 0.1) is 4.78 Å². The minimum Gasteiger partial charge on any atom is -0.385 e. The highest BCUT2D eigenvalue weighted by Gasteiger charge is 2.04. The van der Waals surface area contributed by atoms with Crippen LogP contribution in [0.5, 0.6) is 0 Å². The summed E-state index contributed by atoms with van der Waals surface area (Å²) in [6, 6.07) is 6.83. The Balaban J connectivity index is 2.65. The van der Waals surface area contributed by atoms with Crippen molar-refractivity contribution < 1.29 is 4.21 Å². The summed E-state index contributed by atoms with van der Waals surface area (Å²) in [7, 11) is 2.31. The zero-order valence-electron chi connectivity index (χ0n) is 8.63. The summed E-state index contributed by atoms with van der Waals surface area (Å²) in [5.41, 5.74) is 0.965. The van der Waals surface area contributed by atoms with E-state index in [1.807, 2.05) is 0 Å². The molecule has 3 nitrogen and oxygen atoms in total. The molecule has 0 bridgehead atoms. The molecule has 1 aromatic carbocycles. The minimum absolute atomic E-state index is 0.352. The molecule has 0 saturated heterocycles. The summed E-state index contributed by atoms with van der Waals surface area (Å²) >= 11 is 0. The van der Waals surface area contributed by atoms with Crippen molar-refractivity contribution in [1.82, 2.24) is 0 Å². The van der Waals surface area contributed by atoms with Gasteiger partial charge in [0.25, 0.3) is 0 Å². The van der Waals surface area contributed by atoms with Crippen molar-refractivity contribution in [3.8, 4) is 0 Å². The van der Waals surface area contributed by atoms with Gasteiger partial charge < -0.3 is 5.32 Å². The Bertz CT molecular complexity index is 400. The predicted molar refractivity (Wildman–Crippen MR) is 64.8 cm³/mol. The van der Waals surface area contributed by atoms with E-state index < -0.39 is 8.94 Å². The SMILES string of the molecule is CCCCNc1ccc(S(=N)(=O)Cl)cc1. The summed E-state index contributed by atoms with van der Waals surface area (Å²) in [5, 5.41) is 3.23. The van der Waals surface area contributed by atoms with E-state index in [0.717, 1.165) is 25.1 Å².